The van der Waals surface area contributed by atoms with Gasteiger partial charge >= 0.3 is 0 Å². The zero-order valence-corrected chi connectivity index (χ0v) is 16.5. The first-order valence-corrected chi connectivity index (χ1v) is 10.6. The molecule has 0 spiro atoms. The maximum absolute atomic E-state index is 12.8. The first-order valence-electron chi connectivity index (χ1n) is 9.15. The molecule has 0 atom stereocenters. The van der Waals surface area contributed by atoms with Gasteiger partial charge in [-0.2, -0.15) is 4.31 Å². The van der Waals surface area contributed by atoms with E-state index in [2.05, 4.69) is 10.6 Å². The molecule has 0 unspecified atom stereocenters. The molecule has 3 rings (SSSR count). The van der Waals surface area contributed by atoms with Gasteiger partial charge in [0.25, 0.3) is 5.91 Å². The Morgan fingerprint density at radius 3 is 2.21 bits per heavy atom. The van der Waals surface area contributed by atoms with E-state index < -0.39 is 15.9 Å². The van der Waals surface area contributed by atoms with Gasteiger partial charge in [-0.05, 0) is 49.2 Å². The molecule has 1 fully saturated rings. The topological polar surface area (TPSA) is 95.6 Å². The van der Waals surface area contributed by atoms with E-state index in [4.69, 9.17) is 0 Å². The van der Waals surface area contributed by atoms with Gasteiger partial charge < -0.3 is 10.6 Å². The third-order valence-corrected chi connectivity index (χ3v) is 6.38. The molecule has 0 radical (unpaired) electrons. The van der Waals surface area contributed by atoms with Gasteiger partial charge in [0.15, 0.2) is 0 Å². The summed E-state index contributed by atoms with van der Waals surface area (Å²) in [6, 6.07) is 12.8. The van der Waals surface area contributed by atoms with Crippen LogP contribution >= 0.6 is 0 Å². The number of anilines is 2. The zero-order valence-electron chi connectivity index (χ0n) is 15.6. The van der Waals surface area contributed by atoms with Crippen LogP contribution < -0.4 is 10.6 Å². The summed E-state index contributed by atoms with van der Waals surface area (Å²) >= 11 is 0. The molecule has 1 heterocycles. The van der Waals surface area contributed by atoms with Crippen LogP contribution in [0.3, 0.4) is 0 Å². The van der Waals surface area contributed by atoms with Crippen molar-refractivity contribution in [1.29, 1.82) is 0 Å². The fourth-order valence-electron chi connectivity index (χ4n) is 3.13. The van der Waals surface area contributed by atoms with Gasteiger partial charge in [-0.25, -0.2) is 8.42 Å². The highest BCUT2D eigenvalue weighted by molar-refractivity contribution is 7.89. The summed E-state index contributed by atoms with van der Waals surface area (Å²) in [4.78, 5) is 23.9. The Hall–Kier alpha value is -2.71. The minimum atomic E-state index is -3.61. The summed E-state index contributed by atoms with van der Waals surface area (Å²) in [7, 11) is -3.61. The Labute approximate surface area is 164 Å². The maximum Gasteiger partial charge on any atom is 0.255 e. The number of carbonyl (C=O) groups excluding carboxylic acids is 2. The van der Waals surface area contributed by atoms with Gasteiger partial charge in [-0.1, -0.05) is 18.6 Å². The molecule has 2 aromatic carbocycles. The van der Waals surface area contributed by atoms with E-state index in [0.717, 1.165) is 19.3 Å². The van der Waals surface area contributed by atoms with E-state index in [1.54, 1.807) is 36.4 Å². The molecule has 0 aliphatic carbocycles. The number of hydrogen-bond acceptors (Lipinski definition) is 4. The molecule has 2 N–H and O–H groups in total. The van der Waals surface area contributed by atoms with Gasteiger partial charge in [-0.3, -0.25) is 9.59 Å². The predicted molar refractivity (Wildman–Crippen MR) is 108 cm³/mol. The van der Waals surface area contributed by atoms with Crippen LogP contribution in [0.15, 0.2) is 53.4 Å². The molecular formula is C20H23N3O4S. The van der Waals surface area contributed by atoms with Crippen molar-refractivity contribution in [1.82, 2.24) is 4.31 Å². The summed E-state index contributed by atoms with van der Waals surface area (Å²) in [6.07, 6.45) is 2.74. The molecule has 1 aliphatic rings. The summed E-state index contributed by atoms with van der Waals surface area (Å²) in [5.74, 6) is -0.630. The first-order chi connectivity index (χ1) is 13.4. The van der Waals surface area contributed by atoms with Crippen molar-refractivity contribution in [3.05, 3.63) is 54.1 Å². The second-order valence-electron chi connectivity index (χ2n) is 6.71. The third-order valence-electron chi connectivity index (χ3n) is 4.49. The number of piperidine rings is 1. The average Bonchev–Trinajstić information content (AvgIpc) is 2.68. The Balaban J connectivity index is 1.78. The number of nitrogens with one attached hydrogen (secondary N) is 2. The maximum atomic E-state index is 12.8. The number of sulfonamides is 1. The molecule has 0 bridgehead atoms. The SMILES string of the molecule is CC(=O)Nc1cccc(NC(=O)c2cccc(S(=O)(=O)N3CCCCC3)c2)c1. The molecule has 0 aromatic heterocycles. The van der Waals surface area contributed by atoms with Crippen LogP contribution in [0.25, 0.3) is 0 Å². The van der Waals surface area contributed by atoms with Crippen molar-refractivity contribution in [2.24, 2.45) is 0 Å². The van der Waals surface area contributed by atoms with E-state index >= 15 is 0 Å². The quantitative estimate of drug-likeness (QED) is 0.805. The van der Waals surface area contributed by atoms with Gasteiger partial charge in [0.2, 0.25) is 15.9 Å². The van der Waals surface area contributed by atoms with Gasteiger partial charge in [0.1, 0.15) is 0 Å². The molecule has 1 saturated heterocycles. The molecule has 28 heavy (non-hydrogen) atoms. The molecule has 1 aliphatic heterocycles. The lowest BCUT2D eigenvalue weighted by Crippen LogP contribution is -2.35. The highest BCUT2D eigenvalue weighted by Crippen LogP contribution is 2.22. The molecule has 8 heteroatoms. The number of nitrogens with zero attached hydrogens (tertiary/aromatic N) is 1. The van der Waals surface area contributed by atoms with E-state index in [-0.39, 0.29) is 16.4 Å². The Bertz CT molecular complexity index is 982. The van der Waals surface area contributed by atoms with Crippen molar-refractivity contribution < 1.29 is 18.0 Å². The Kier molecular flexibility index (Phi) is 6.11. The minimum absolute atomic E-state index is 0.119. The van der Waals surface area contributed by atoms with E-state index in [0.29, 0.717) is 24.5 Å². The number of hydrogen-bond donors (Lipinski definition) is 2. The highest BCUT2D eigenvalue weighted by atomic mass is 32.2. The fourth-order valence-corrected chi connectivity index (χ4v) is 4.70. The van der Waals surface area contributed by atoms with Gasteiger partial charge in [0.05, 0.1) is 4.90 Å². The first kappa shape index (κ1) is 20.0. The van der Waals surface area contributed by atoms with Crippen LogP contribution in [-0.2, 0) is 14.8 Å². The van der Waals surface area contributed by atoms with Gasteiger partial charge in [-0.15, -0.1) is 0 Å². The largest absolute Gasteiger partial charge is 0.326 e. The van der Waals surface area contributed by atoms with Crippen molar-refractivity contribution in [3.63, 3.8) is 0 Å². The number of rotatable bonds is 5. The lowest BCUT2D eigenvalue weighted by atomic mass is 10.2. The Morgan fingerprint density at radius 2 is 1.54 bits per heavy atom. The van der Waals surface area contributed by atoms with Crippen molar-refractivity contribution in [3.8, 4) is 0 Å². The van der Waals surface area contributed by atoms with Crippen LogP contribution in [-0.4, -0.2) is 37.6 Å². The van der Waals surface area contributed by atoms with Gasteiger partial charge in [0, 0.05) is 37.0 Å². The highest BCUT2D eigenvalue weighted by Gasteiger charge is 2.26. The predicted octanol–water partition coefficient (Wildman–Crippen LogP) is 3.07. The summed E-state index contributed by atoms with van der Waals surface area (Å²) in [6.45, 7) is 2.42. The van der Waals surface area contributed by atoms with Crippen LogP contribution in [0.4, 0.5) is 11.4 Å². The molecule has 148 valence electrons. The lowest BCUT2D eigenvalue weighted by molar-refractivity contribution is -0.114. The molecular weight excluding hydrogens is 378 g/mol. The summed E-state index contributed by atoms with van der Waals surface area (Å²) in [5.41, 5.74) is 1.32. The normalized spacial score (nSPS) is 15.0. The average molecular weight is 401 g/mol. The molecule has 2 amide bonds. The zero-order chi connectivity index (χ0) is 20.1. The molecule has 2 aromatic rings. The number of carbonyl (C=O) groups is 2. The van der Waals surface area contributed by atoms with E-state index in [1.807, 2.05) is 0 Å². The molecule has 0 saturated carbocycles. The van der Waals surface area contributed by atoms with Crippen molar-refractivity contribution in [2.45, 2.75) is 31.1 Å². The second kappa shape index (κ2) is 8.53. The number of benzene rings is 2. The van der Waals surface area contributed by atoms with Crippen molar-refractivity contribution in [2.75, 3.05) is 23.7 Å². The molecule has 7 nitrogen and oxygen atoms in total. The monoisotopic (exact) mass is 401 g/mol. The number of amides is 2. The van der Waals surface area contributed by atoms with Crippen LogP contribution in [0, 0.1) is 0 Å². The third kappa shape index (κ3) is 4.76. The Morgan fingerprint density at radius 1 is 0.893 bits per heavy atom. The standard InChI is InChI=1S/C20H23N3O4S/c1-15(24)21-17-8-6-9-18(14-17)22-20(25)16-7-5-10-19(13-16)28(26,27)23-11-3-2-4-12-23/h5-10,13-14H,2-4,11-12H2,1H3,(H,21,24)(H,22,25). The fraction of sp³-hybridized carbons (Fsp3) is 0.300. The van der Waals surface area contributed by atoms with E-state index in [1.165, 1.54) is 23.4 Å². The lowest BCUT2D eigenvalue weighted by Gasteiger charge is -2.26. The van der Waals surface area contributed by atoms with Crippen molar-refractivity contribution >= 4 is 33.2 Å². The second-order valence-corrected chi connectivity index (χ2v) is 8.65. The van der Waals surface area contributed by atoms with Crippen LogP contribution in [0.1, 0.15) is 36.5 Å². The summed E-state index contributed by atoms with van der Waals surface area (Å²) in [5, 5.41) is 5.38. The van der Waals surface area contributed by atoms with Crippen LogP contribution in [0.5, 0.6) is 0 Å². The van der Waals surface area contributed by atoms with Crippen LogP contribution in [0.2, 0.25) is 0 Å². The minimum Gasteiger partial charge on any atom is -0.326 e. The smallest absolute Gasteiger partial charge is 0.255 e. The van der Waals surface area contributed by atoms with E-state index in [9.17, 15) is 18.0 Å². The summed E-state index contributed by atoms with van der Waals surface area (Å²) < 4.78 is 27.1.